The van der Waals surface area contributed by atoms with Crippen LogP contribution in [0.15, 0.2) is 24.3 Å². The molecule has 53 heavy (non-hydrogen) atoms. The number of amides is 3. The number of aliphatic carboxylic acids is 1. The third-order valence-electron chi connectivity index (χ3n) is 11.1. The van der Waals surface area contributed by atoms with Crippen LogP contribution < -0.4 is 10.6 Å². The standard InChI is InChI=1S/C40H65FN4O8/c1-12-25(6)36(44(9)39(49)29(23(2)3)21-32(46)35(42-8)24(4)5)33(52-10)22-34(47)45-19-13-14-31(45)37(53-11)26(7)38(48)43-30(40(50)51)20-27-15-17-28(41)18-16-27/h15-18,23-26,29-31,33,35-37,42H,12-14,19-22H2,1-11H3,(H,43,48)(H,50,51)/t25-,26+,29-,30-,31-,33+,35-,36-,37+/m0/s1. The molecule has 0 aliphatic carbocycles. The first-order valence-corrected chi connectivity index (χ1v) is 19.0. The van der Waals surface area contributed by atoms with Gasteiger partial charge in [0.05, 0.1) is 42.7 Å². The van der Waals surface area contributed by atoms with Gasteiger partial charge in [-0.15, -0.1) is 0 Å². The Morgan fingerprint density at radius 3 is 2.09 bits per heavy atom. The quantitative estimate of drug-likeness (QED) is 0.157. The highest BCUT2D eigenvalue weighted by molar-refractivity contribution is 5.90. The summed E-state index contributed by atoms with van der Waals surface area (Å²) in [7, 11) is 6.48. The van der Waals surface area contributed by atoms with E-state index in [1.54, 1.807) is 30.8 Å². The van der Waals surface area contributed by atoms with Crippen molar-refractivity contribution in [2.45, 2.75) is 123 Å². The number of Topliss-reactive ketones (excluding diaryl/α,β-unsaturated/α-hetero) is 1. The van der Waals surface area contributed by atoms with Crippen molar-refractivity contribution in [2.75, 3.05) is 34.9 Å². The Bertz CT molecular complexity index is 1360. The molecular weight excluding hydrogens is 683 g/mol. The van der Waals surface area contributed by atoms with Crippen molar-refractivity contribution in [3.8, 4) is 0 Å². The van der Waals surface area contributed by atoms with Crippen LogP contribution in [-0.2, 0) is 39.9 Å². The number of carboxylic acids is 1. The Morgan fingerprint density at radius 1 is 0.981 bits per heavy atom. The second-order valence-corrected chi connectivity index (χ2v) is 15.4. The van der Waals surface area contributed by atoms with Crippen molar-refractivity contribution in [3.63, 3.8) is 0 Å². The molecule has 0 bridgehead atoms. The molecular formula is C40H65FN4O8. The number of ketones is 1. The number of likely N-dealkylation sites (tertiary alicyclic amines) is 1. The van der Waals surface area contributed by atoms with Gasteiger partial charge in [0.1, 0.15) is 11.9 Å². The number of hydrogen-bond acceptors (Lipinski definition) is 8. The number of nitrogens with zero attached hydrogens (tertiary/aromatic N) is 2. The number of ether oxygens (including phenoxy) is 2. The molecule has 0 saturated carbocycles. The monoisotopic (exact) mass is 748 g/mol. The minimum atomic E-state index is -1.25. The lowest BCUT2D eigenvalue weighted by atomic mass is 9.84. The number of likely N-dealkylation sites (N-methyl/N-ethyl adjacent to an activating group) is 2. The Labute approximate surface area is 315 Å². The van der Waals surface area contributed by atoms with E-state index in [2.05, 4.69) is 10.6 Å². The molecule has 1 aromatic rings. The summed E-state index contributed by atoms with van der Waals surface area (Å²) >= 11 is 0. The van der Waals surface area contributed by atoms with E-state index >= 15 is 0 Å². The zero-order valence-corrected chi connectivity index (χ0v) is 33.7. The Morgan fingerprint density at radius 2 is 1.60 bits per heavy atom. The number of hydrogen-bond donors (Lipinski definition) is 3. The molecule has 1 aliphatic rings. The Kier molecular flexibility index (Phi) is 18.5. The van der Waals surface area contributed by atoms with Crippen LogP contribution in [0.25, 0.3) is 0 Å². The lowest BCUT2D eigenvalue weighted by molar-refractivity contribution is -0.149. The van der Waals surface area contributed by atoms with Gasteiger partial charge in [-0.2, -0.15) is 0 Å². The summed E-state index contributed by atoms with van der Waals surface area (Å²) in [6.45, 7) is 14.0. The topological polar surface area (TPSA) is 155 Å². The van der Waals surface area contributed by atoms with Crippen LogP contribution in [0.2, 0.25) is 0 Å². The lowest BCUT2D eigenvalue weighted by Crippen LogP contribution is -2.55. The van der Waals surface area contributed by atoms with Gasteiger partial charge < -0.3 is 35.0 Å². The summed E-state index contributed by atoms with van der Waals surface area (Å²) in [5.41, 5.74) is 0.556. The van der Waals surface area contributed by atoms with Gasteiger partial charge >= 0.3 is 5.97 Å². The van der Waals surface area contributed by atoms with Crippen LogP contribution >= 0.6 is 0 Å². The summed E-state index contributed by atoms with van der Waals surface area (Å²) in [5, 5.41) is 15.5. The molecule has 0 radical (unpaired) electrons. The van der Waals surface area contributed by atoms with Crippen molar-refractivity contribution >= 4 is 29.5 Å². The summed E-state index contributed by atoms with van der Waals surface area (Å²) < 4.78 is 25.2. The average molecular weight is 749 g/mol. The first-order chi connectivity index (χ1) is 24.9. The van der Waals surface area contributed by atoms with E-state index in [4.69, 9.17) is 9.47 Å². The second kappa shape index (κ2) is 21.5. The fraction of sp³-hybridized carbons (Fsp3) is 0.725. The van der Waals surface area contributed by atoms with Crippen molar-refractivity contribution in [1.29, 1.82) is 0 Å². The number of benzene rings is 1. The molecule has 1 aliphatic heterocycles. The molecule has 0 unspecified atom stereocenters. The molecule has 1 saturated heterocycles. The van der Waals surface area contributed by atoms with Crippen molar-refractivity contribution in [1.82, 2.24) is 20.4 Å². The van der Waals surface area contributed by atoms with E-state index in [-0.39, 0.29) is 60.7 Å². The zero-order chi connectivity index (χ0) is 40.2. The van der Waals surface area contributed by atoms with Gasteiger partial charge in [0.2, 0.25) is 17.7 Å². The molecule has 13 heteroatoms. The highest BCUT2D eigenvalue weighted by atomic mass is 19.1. The van der Waals surface area contributed by atoms with Gasteiger partial charge in [0, 0.05) is 46.6 Å². The number of carboxylic acid groups (broad SMARTS) is 1. The number of carbonyl (C=O) groups is 5. The Hall–Kier alpha value is -3.42. The third-order valence-corrected chi connectivity index (χ3v) is 11.1. The predicted octanol–water partition coefficient (Wildman–Crippen LogP) is 4.33. The van der Waals surface area contributed by atoms with Crippen LogP contribution in [0.5, 0.6) is 0 Å². The van der Waals surface area contributed by atoms with Crippen molar-refractivity contribution in [3.05, 3.63) is 35.6 Å². The first-order valence-electron chi connectivity index (χ1n) is 19.0. The highest BCUT2D eigenvalue weighted by Gasteiger charge is 2.43. The first kappa shape index (κ1) is 45.7. The van der Waals surface area contributed by atoms with E-state index in [1.165, 1.54) is 38.5 Å². The minimum absolute atomic E-state index is 0.0106. The molecule has 0 aromatic heterocycles. The van der Waals surface area contributed by atoms with Gasteiger partial charge in [0.25, 0.3) is 0 Å². The average Bonchev–Trinajstić information content (AvgIpc) is 3.60. The molecule has 12 nitrogen and oxygen atoms in total. The van der Waals surface area contributed by atoms with Crippen molar-refractivity contribution < 1.29 is 42.9 Å². The molecule has 1 heterocycles. The second-order valence-electron chi connectivity index (χ2n) is 15.4. The maximum Gasteiger partial charge on any atom is 0.326 e. The van der Waals surface area contributed by atoms with Gasteiger partial charge in [0.15, 0.2) is 5.78 Å². The SMILES string of the molecule is CC[C@H](C)[C@@H]([C@@H](CC(=O)N1CCC[C@H]1[C@H](OC)[C@@H](C)C(=O)N[C@@H](Cc1ccc(F)cc1)C(=O)O)OC)N(C)C(=O)[C@@H](CC(=O)[C@@H](NC)C(C)C)C(C)C. The van der Waals surface area contributed by atoms with E-state index in [1.807, 2.05) is 41.5 Å². The number of halogens is 1. The van der Waals surface area contributed by atoms with Crippen LogP contribution in [0, 0.1) is 35.4 Å². The fourth-order valence-corrected chi connectivity index (χ4v) is 7.75. The van der Waals surface area contributed by atoms with E-state index in [9.17, 15) is 33.5 Å². The van der Waals surface area contributed by atoms with E-state index < -0.39 is 59.9 Å². The summed E-state index contributed by atoms with van der Waals surface area (Å²) in [4.78, 5) is 70.5. The van der Waals surface area contributed by atoms with E-state index in [0.717, 1.165) is 6.42 Å². The number of rotatable bonds is 22. The van der Waals surface area contributed by atoms with Crippen LogP contribution in [0.3, 0.4) is 0 Å². The minimum Gasteiger partial charge on any atom is -0.480 e. The molecule has 1 aromatic carbocycles. The third kappa shape index (κ3) is 12.3. The zero-order valence-electron chi connectivity index (χ0n) is 33.7. The fourth-order valence-electron chi connectivity index (χ4n) is 7.75. The highest BCUT2D eigenvalue weighted by Crippen LogP contribution is 2.31. The van der Waals surface area contributed by atoms with Gasteiger partial charge in [-0.3, -0.25) is 19.2 Å². The van der Waals surface area contributed by atoms with Crippen LogP contribution in [0.1, 0.15) is 86.1 Å². The maximum absolute atomic E-state index is 14.2. The molecule has 9 atom stereocenters. The normalized spacial score (nSPS) is 19.2. The molecule has 1 fully saturated rings. The number of carbonyl (C=O) groups excluding carboxylic acids is 4. The van der Waals surface area contributed by atoms with Crippen LogP contribution in [-0.4, -0.2) is 116 Å². The van der Waals surface area contributed by atoms with Gasteiger partial charge in [-0.25, -0.2) is 9.18 Å². The summed E-state index contributed by atoms with van der Waals surface area (Å²) in [5.74, 6) is -3.99. The number of methoxy groups -OCH3 is 2. The van der Waals surface area contributed by atoms with Gasteiger partial charge in [-0.1, -0.05) is 67.0 Å². The molecule has 0 spiro atoms. The molecule has 2 rings (SSSR count). The van der Waals surface area contributed by atoms with E-state index in [0.29, 0.717) is 24.9 Å². The van der Waals surface area contributed by atoms with Gasteiger partial charge in [-0.05, 0) is 55.3 Å². The summed E-state index contributed by atoms with van der Waals surface area (Å²) in [6, 6.07) is 2.91. The largest absolute Gasteiger partial charge is 0.480 e. The summed E-state index contributed by atoms with van der Waals surface area (Å²) in [6.07, 6.45) is 0.665. The lowest BCUT2D eigenvalue weighted by Gasteiger charge is -2.41. The number of nitrogens with one attached hydrogen (secondary N) is 2. The maximum atomic E-state index is 14.2. The predicted molar refractivity (Wildman–Crippen MR) is 201 cm³/mol. The van der Waals surface area contributed by atoms with Crippen molar-refractivity contribution in [2.24, 2.45) is 29.6 Å². The Balaban J connectivity index is 2.26. The molecule has 3 N–H and O–H groups in total. The molecule has 3 amide bonds. The molecule has 300 valence electrons. The smallest absolute Gasteiger partial charge is 0.326 e. The van der Waals surface area contributed by atoms with Crippen LogP contribution in [0.4, 0.5) is 4.39 Å².